The number of hydrogen-bond donors (Lipinski definition) is 0. The smallest absolute Gasteiger partial charge is 0.101 e. The van der Waals surface area contributed by atoms with E-state index in [4.69, 9.17) is 10.1 Å². The molecule has 0 unspecified atom stereocenters. The van der Waals surface area contributed by atoms with E-state index in [1.54, 1.807) is 0 Å². The fourth-order valence-corrected chi connectivity index (χ4v) is 6.47. The van der Waals surface area contributed by atoms with Crippen LogP contribution in [-0.4, -0.2) is 19.6 Å². The Hall–Kier alpha value is -6.13. The van der Waals surface area contributed by atoms with Gasteiger partial charge >= 0.3 is 0 Å². The molecule has 4 aromatic heterocycles. The molecule has 0 aliphatic heterocycles. The zero-order valence-corrected chi connectivity index (χ0v) is 24.3. The fourth-order valence-electron chi connectivity index (χ4n) is 6.47. The molecule has 4 heterocycles. The summed E-state index contributed by atoms with van der Waals surface area (Å²) in [4.78, 5) is 9.70. The molecule has 0 atom stereocenters. The molecule has 9 aromatic rings. The fraction of sp³-hybridized carbons (Fsp3) is 0. The molecule has 0 N–H and O–H groups in total. The average molecular weight is 575 g/mol. The maximum atomic E-state index is 5.33. The molecule has 4 heteroatoms. The van der Waals surface area contributed by atoms with Crippen molar-refractivity contribution in [2.24, 2.45) is 0 Å². The summed E-state index contributed by atoms with van der Waals surface area (Å²) < 4.78 is 2.13. The van der Waals surface area contributed by atoms with Gasteiger partial charge in [0, 0.05) is 44.6 Å². The van der Waals surface area contributed by atoms with E-state index < -0.39 is 0 Å². The highest BCUT2D eigenvalue weighted by Crippen LogP contribution is 2.41. The van der Waals surface area contributed by atoms with Crippen LogP contribution in [0.15, 0.2) is 158 Å². The lowest BCUT2D eigenvalue weighted by atomic mass is 9.97. The second-order valence-corrected chi connectivity index (χ2v) is 11.3. The van der Waals surface area contributed by atoms with Crippen LogP contribution in [-0.2, 0) is 0 Å². The summed E-state index contributed by atoms with van der Waals surface area (Å²) in [7, 11) is 0. The van der Waals surface area contributed by atoms with Crippen LogP contribution < -0.4 is 0 Å². The molecule has 45 heavy (non-hydrogen) atoms. The minimum Gasteiger partial charge on any atom is -0.254 e. The Morgan fingerprint density at radius 2 is 1.11 bits per heavy atom. The van der Waals surface area contributed by atoms with Crippen molar-refractivity contribution in [3.63, 3.8) is 0 Å². The predicted octanol–water partition coefficient (Wildman–Crippen LogP) is 10.3. The molecule has 4 nitrogen and oxygen atoms in total. The van der Waals surface area contributed by atoms with E-state index in [9.17, 15) is 0 Å². The molecule has 0 radical (unpaired) electrons. The Morgan fingerprint density at radius 1 is 0.467 bits per heavy atom. The lowest BCUT2D eigenvalue weighted by molar-refractivity contribution is 0.979. The number of benzene rings is 5. The van der Waals surface area contributed by atoms with Crippen LogP contribution in [0.3, 0.4) is 0 Å². The van der Waals surface area contributed by atoms with Crippen molar-refractivity contribution in [1.82, 2.24) is 19.6 Å². The SMILES string of the molecule is c1ccc(-c2nn3c(-c4ccc(-c5ccc6ccc7cccnc7c6n5)cc4)cc4ccccc4c3c2-c2ccccc2)cc1. The Labute approximate surface area is 259 Å². The van der Waals surface area contributed by atoms with Gasteiger partial charge in [0.2, 0.25) is 0 Å². The van der Waals surface area contributed by atoms with Gasteiger partial charge in [-0.15, -0.1) is 0 Å². The second-order valence-electron chi connectivity index (χ2n) is 11.3. The van der Waals surface area contributed by atoms with Crippen LogP contribution in [0.1, 0.15) is 0 Å². The molecule has 0 fully saturated rings. The number of rotatable bonds is 4. The number of fused-ring (bicyclic) bond motifs is 6. The maximum absolute atomic E-state index is 5.33. The quantitative estimate of drug-likeness (QED) is 0.196. The molecule has 210 valence electrons. The molecule has 0 aliphatic rings. The first-order chi connectivity index (χ1) is 22.3. The summed E-state index contributed by atoms with van der Waals surface area (Å²) >= 11 is 0. The van der Waals surface area contributed by atoms with E-state index in [0.717, 1.165) is 72.2 Å². The van der Waals surface area contributed by atoms with Crippen molar-refractivity contribution in [2.75, 3.05) is 0 Å². The number of nitrogens with zero attached hydrogens (tertiary/aromatic N) is 4. The molecule has 0 amide bonds. The van der Waals surface area contributed by atoms with E-state index in [1.807, 2.05) is 18.3 Å². The van der Waals surface area contributed by atoms with Crippen LogP contribution >= 0.6 is 0 Å². The van der Waals surface area contributed by atoms with Crippen LogP contribution in [0.4, 0.5) is 0 Å². The van der Waals surface area contributed by atoms with Crippen LogP contribution in [0.25, 0.3) is 83.0 Å². The molecule has 0 aliphatic carbocycles. The topological polar surface area (TPSA) is 43.1 Å². The van der Waals surface area contributed by atoms with Gasteiger partial charge < -0.3 is 0 Å². The van der Waals surface area contributed by atoms with Gasteiger partial charge in [0.1, 0.15) is 5.69 Å². The highest BCUT2D eigenvalue weighted by Gasteiger charge is 2.21. The Bertz CT molecular complexity index is 2520. The van der Waals surface area contributed by atoms with Gasteiger partial charge in [-0.3, -0.25) is 4.98 Å². The van der Waals surface area contributed by atoms with E-state index in [2.05, 4.69) is 149 Å². The maximum Gasteiger partial charge on any atom is 0.101 e. The first-order valence-electron chi connectivity index (χ1n) is 15.1. The summed E-state index contributed by atoms with van der Waals surface area (Å²) in [6, 6.07) is 53.1. The predicted molar refractivity (Wildman–Crippen MR) is 185 cm³/mol. The number of aromatic nitrogens is 4. The molecule has 0 saturated carbocycles. The first kappa shape index (κ1) is 25.4. The summed E-state index contributed by atoms with van der Waals surface area (Å²) in [6.45, 7) is 0. The van der Waals surface area contributed by atoms with Crippen molar-refractivity contribution in [3.8, 4) is 44.9 Å². The standard InChI is InChI=1S/C41H26N4/c1-3-10-29(11-4-1)37-38(30-12-5-2-6-13-30)44-45-36(26-33-14-7-8-16-34(33)41(37)45)28-19-17-27(18-20-28)35-24-23-32-22-21-31-15-9-25-42-39(31)40(32)43-35/h1-26H. The van der Waals surface area contributed by atoms with Crippen LogP contribution in [0.2, 0.25) is 0 Å². The number of hydrogen-bond acceptors (Lipinski definition) is 3. The van der Waals surface area contributed by atoms with E-state index >= 15 is 0 Å². The van der Waals surface area contributed by atoms with Gasteiger partial charge in [-0.05, 0) is 29.1 Å². The molecule has 0 spiro atoms. The highest BCUT2D eigenvalue weighted by atomic mass is 15.2. The van der Waals surface area contributed by atoms with Crippen molar-refractivity contribution < 1.29 is 0 Å². The third-order valence-corrected chi connectivity index (χ3v) is 8.64. The Kier molecular flexibility index (Phi) is 5.78. The zero-order valence-electron chi connectivity index (χ0n) is 24.3. The summed E-state index contributed by atoms with van der Waals surface area (Å²) in [5.74, 6) is 0. The Morgan fingerprint density at radius 3 is 1.91 bits per heavy atom. The van der Waals surface area contributed by atoms with E-state index in [0.29, 0.717) is 0 Å². The lowest BCUT2D eigenvalue weighted by Crippen LogP contribution is -1.96. The molecule has 0 saturated heterocycles. The largest absolute Gasteiger partial charge is 0.254 e. The normalized spacial score (nSPS) is 11.6. The van der Waals surface area contributed by atoms with Gasteiger partial charge in [0.05, 0.1) is 27.9 Å². The third-order valence-electron chi connectivity index (χ3n) is 8.64. The molecule has 9 rings (SSSR count). The van der Waals surface area contributed by atoms with E-state index in [-0.39, 0.29) is 0 Å². The highest BCUT2D eigenvalue weighted by molar-refractivity contribution is 6.08. The van der Waals surface area contributed by atoms with Gasteiger partial charge in [-0.1, -0.05) is 133 Å². The summed E-state index contributed by atoms with van der Waals surface area (Å²) in [5.41, 5.74) is 11.4. The first-order valence-corrected chi connectivity index (χ1v) is 15.1. The van der Waals surface area contributed by atoms with Crippen molar-refractivity contribution in [3.05, 3.63) is 158 Å². The van der Waals surface area contributed by atoms with Gasteiger partial charge in [-0.2, -0.15) is 5.10 Å². The van der Waals surface area contributed by atoms with Crippen molar-refractivity contribution in [2.45, 2.75) is 0 Å². The average Bonchev–Trinajstić information content (AvgIpc) is 3.53. The third kappa shape index (κ3) is 4.19. The molecular weight excluding hydrogens is 548 g/mol. The molecular formula is C41H26N4. The lowest BCUT2D eigenvalue weighted by Gasteiger charge is -2.11. The van der Waals surface area contributed by atoms with Gasteiger partial charge in [-0.25, -0.2) is 9.50 Å². The van der Waals surface area contributed by atoms with Crippen LogP contribution in [0, 0.1) is 0 Å². The number of pyridine rings is 3. The molecule has 0 bridgehead atoms. The monoisotopic (exact) mass is 574 g/mol. The summed E-state index contributed by atoms with van der Waals surface area (Å²) in [6.07, 6.45) is 1.83. The second kappa shape index (κ2) is 10.2. The van der Waals surface area contributed by atoms with Gasteiger partial charge in [0.15, 0.2) is 0 Å². The zero-order chi connectivity index (χ0) is 29.7. The van der Waals surface area contributed by atoms with Crippen molar-refractivity contribution in [1.29, 1.82) is 0 Å². The van der Waals surface area contributed by atoms with Gasteiger partial charge in [0.25, 0.3) is 0 Å². The minimum absolute atomic E-state index is 0.921. The minimum atomic E-state index is 0.921. The Balaban J connectivity index is 1.25. The summed E-state index contributed by atoms with van der Waals surface area (Å²) in [5, 5.41) is 9.86. The van der Waals surface area contributed by atoms with Crippen molar-refractivity contribution >= 4 is 38.1 Å². The van der Waals surface area contributed by atoms with Crippen LogP contribution in [0.5, 0.6) is 0 Å². The molecule has 5 aromatic carbocycles. The van der Waals surface area contributed by atoms with E-state index in [1.165, 1.54) is 10.8 Å².